The Balaban J connectivity index is 2.25. The molecular weight excluding hydrogens is 372 g/mol. The molecule has 0 aliphatic rings. The first kappa shape index (κ1) is 15.4. The molecule has 0 radical (unpaired) electrons. The lowest BCUT2D eigenvalue weighted by Crippen LogP contribution is -2.14. The van der Waals surface area contributed by atoms with Gasteiger partial charge >= 0.3 is 5.76 Å². The molecule has 1 N–H and O–H groups in total. The molecule has 0 atom stereocenters. The van der Waals surface area contributed by atoms with Crippen LogP contribution in [0.3, 0.4) is 0 Å². The molecule has 1 heterocycles. The standard InChI is InChI=1S/C12H10BrF2NO2S2/c13-11-5-8(7-19-11)6-16-9-3-1-2-4-10(9)20(17,18)12(14)15/h1-5,7,12,16H,6H2. The van der Waals surface area contributed by atoms with E-state index in [2.05, 4.69) is 21.2 Å². The van der Waals surface area contributed by atoms with Gasteiger partial charge in [-0.2, -0.15) is 8.78 Å². The van der Waals surface area contributed by atoms with Crippen LogP contribution in [0.2, 0.25) is 0 Å². The topological polar surface area (TPSA) is 46.2 Å². The van der Waals surface area contributed by atoms with Gasteiger partial charge in [-0.1, -0.05) is 12.1 Å². The highest BCUT2D eigenvalue weighted by molar-refractivity contribution is 9.11. The summed E-state index contributed by atoms with van der Waals surface area (Å²) in [7, 11) is -4.61. The Kier molecular flexibility index (Phi) is 4.77. The van der Waals surface area contributed by atoms with Crippen molar-refractivity contribution in [3.63, 3.8) is 0 Å². The number of hydrogen-bond acceptors (Lipinski definition) is 4. The minimum Gasteiger partial charge on any atom is -0.380 e. The number of nitrogens with one attached hydrogen (secondary N) is 1. The Morgan fingerprint density at radius 1 is 1.30 bits per heavy atom. The summed E-state index contributed by atoms with van der Waals surface area (Å²) in [5.74, 6) is -3.43. The van der Waals surface area contributed by atoms with Crippen molar-refractivity contribution >= 4 is 42.8 Å². The lowest BCUT2D eigenvalue weighted by atomic mass is 10.3. The quantitative estimate of drug-likeness (QED) is 0.846. The molecule has 0 saturated heterocycles. The number of alkyl halides is 2. The van der Waals surface area contributed by atoms with Gasteiger partial charge < -0.3 is 5.32 Å². The van der Waals surface area contributed by atoms with Gasteiger partial charge in [0.15, 0.2) is 0 Å². The van der Waals surface area contributed by atoms with E-state index in [4.69, 9.17) is 0 Å². The van der Waals surface area contributed by atoms with Crippen molar-refractivity contribution in [1.29, 1.82) is 0 Å². The van der Waals surface area contributed by atoms with E-state index in [1.165, 1.54) is 29.5 Å². The lowest BCUT2D eigenvalue weighted by Gasteiger charge is -2.11. The van der Waals surface area contributed by atoms with E-state index in [1.807, 2.05) is 11.4 Å². The molecule has 0 fully saturated rings. The highest BCUT2D eigenvalue weighted by atomic mass is 79.9. The van der Waals surface area contributed by atoms with Gasteiger partial charge in [-0.25, -0.2) is 8.42 Å². The maximum Gasteiger partial charge on any atom is 0.341 e. The molecule has 0 aliphatic heterocycles. The second-order valence-corrected chi connectivity index (χ2v) is 8.09. The fourth-order valence-corrected chi connectivity index (χ4v) is 3.71. The first-order valence-corrected chi connectivity index (χ1v) is 8.71. The second-order valence-electron chi connectivity index (χ2n) is 3.91. The van der Waals surface area contributed by atoms with Crippen LogP contribution in [0, 0.1) is 0 Å². The van der Waals surface area contributed by atoms with Crippen LogP contribution in [0.15, 0.2) is 44.4 Å². The Hall–Kier alpha value is -0.990. The summed E-state index contributed by atoms with van der Waals surface area (Å²) in [5.41, 5.74) is 1.11. The van der Waals surface area contributed by atoms with Gasteiger partial charge in [0.2, 0.25) is 9.84 Å². The number of thiophene rings is 1. The van der Waals surface area contributed by atoms with Gasteiger partial charge in [0.05, 0.1) is 14.4 Å². The van der Waals surface area contributed by atoms with Crippen LogP contribution in [0.4, 0.5) is 14.5 Å². The highest BCUT2D eigenvalue weighted by Crippen LogP contribution is 2.27. The first-order chi connectivity index (χ1) is 9.41. The van der Waals surface area contributed by atoms with Crippen molar-refractivity contribution < 1.29 is 17.2 Å². The predicted octanol–water partition coefficient (Wildman–Crippen LogP) is 4.12. The van der Waals surface area contributed by atoms with Crippen molar-refractivity contribution in [3.8, 4) is 0 Å². The lowest BCUT2D eigenvalue weighted by molar-refractivity contribution is 0.235. The summed E-state index contributed by atoms with van der Waals surface area (Å²) in [6.07, 6.45) is 0. The smallest absolute Gasteiger partial charge is 0.341 e. The first-order valence-electron chi connectivity index (χ1n) is 5.49. The number of benzene rings is 1. The summed E-state index contributed by atoms with van der Waals surface area (Å²) in [6.45, 7) is 0.359. The summed E-state index contributed by atoms with van der Waals surface area (Å²) in [6, 6.07) is 7.53. The molecule has 20 heavy (non-hydrogen) atoms. The van der Waals surface area contributed by atoms with Crippen LogP contribution in [0.1, 0.15) is 5.56 Å². The minimum atomic E-state index is -4.61. The third-order valence-corrected chi connectivity index (χ3v) is 5.52. The summed E-state index contributed by atoms with van der Waals surface area (Å²) < 4.78 is 49.3. The van der Waals surface area contributed by atoms with Gasteiger partial charge in [-0.3, -0.25) is 0 Å². The second kappa shape index (κ2) is 6.19. The molecule has 0 saturated carbocycles. The molecule has 0 amide bonds. The summed E-state index contributed by atoms with van der Waals surface area (Å²) >= 11 is 4.81. The fraction of sp³-hybridized carbons (Fsp3) is 0.167. The molecule has 0 aliphatic carbocycles. The zero-order chi connectivity index (χ0) is 14.8. The normalized spacial score (nSPS) is 11.8. The fourth-order valence-electron chi connectivity index (χ4n) is 1.59. The Morgan fingerprint density at radius 3 is 2.60 bits per heavy atom. The van der Waals surface area contributed by atoms with Gasteiger partial charge in [0.1, 0.15) is 0 Å². The van der Waals surface area contributed by atoms with Crippen LogP contribution in [0.25, 0.3) is 0 Å². The predicted molar refractivity (Wildman–Crippen MR) is 79.0 cm³/mol. The molecule has 0 unspecified atom stereocenters. The Labute approximate surface area is 127 Å². The number of para-hydroxylation sites is 1. The highest BCUT2D eigenvalue weighted by Gasteiger charge is 2.28. The van der Waals surface area contributed by atoms with Crippen molar-refractivity contribution in [3.05, 3.63) is 45.1 Å². The van der Waals surface area contributed by atoms with Crippen molar-refractivity contribution in [2.45, 2.75) is 17.2 Å². The van der Waals surface area contributed by atoms with E-state index in [0.717, 1.165) is 9.35 Å². The average molecular weight is 382 g/mol. The van der Waals surface area contributed by atoms with E-state index >= 15 is 0 Å². The number of hydrogen-bond donors (Lipinski definition) is 1. The SMILES string of the molecule is O=S(=O)(c1ccccc1NCc1csc(Br)c1)C(F)F. The van der Waals surface area contributed by atoms with Crippen LogP contribution in [-0.4, -0.2) is 14.2 Å². The van der Waals surface area contributed by atoms with Gasteiger partial charge in [-0.05, 0) is 45.1 Å². The number of halogens is 3. The van der Waals surface area contributed by atoms with Crippen molar-refractivity contribution in [1.82, 2.24) is 0 Å². The molecular formula is C12H10BrF2NO2S2. The van der Waals surface area contributed by atoms with E-state index < -0.39 is 15.6 Å². The largest absolute Gasteiger partial charge is 0.380 e. The molecule has 2 aromatic rings. The molecule has 1 aromatic heterocycles. The maximum absolute atomic E-state index is 12.6. The number of sulfone groups is 1. The molecule has 108 valence electrons. The zero-order valence-corrected chi connectivity index (χ0v) is 13.2. The van der Waals surface area contributed by atoms with E-state index in [1.54, 1.807) is 6.07 Å². The van der Waals surface area contributed by atoms with E-state index in [-0.39, 0.29) is 10.6 Å². The average Bonchev–Trinajstić information content (AvgIpc) is 2.82. The molecule has 3 nitrogen and oxygen atoms in total. The van der Waals surface area contributed by atoms with Crippen molar-refractivity contribution in [2.75, 3.05) is 5.32 Å². The monoisotopic (exact) mass is 381 g/mol. The Morgan fingerprint density at radius 2 is 2.00 bits per heavy atom. The van der Waals surface area contributed by atoms with Crippen LogP contribution >= 0.6 is 27.3 Å². The third-order valence-electron chi connectivity index (χ3n) is 2.53. The Bertz CT molecular complexity index is 701. The van der Waals surface area contributed by atoms with Crippen LogP contribution in [-0.2, 0) is 16.4 Å². The van der Waals surface area contributed by atoms with Crippen LogP contribution in [0.5, 0.6) is 0 Å². The number of anilines is 1. The van der Waals surface area contributed by atoms with Crippen LogP contribution < -0.4 is 5.32 Å². The van der Waals surface area contributed by atoms with Crippen molar-refractivity contribution in [2.24, 2.45) is 0 Å². The molecule has 0 bridgehead atoms. The zero-order valence-electron chi connectivity index (χ0n) is 10.0. The van der Waals surface area contributed by atoms with Gasteiger partial charge in [0, 0.05) is 6.54 Å². The summed E-state index contributed by atoms with van der Waals surface area (Å²) in [5, 5.41) is 4.77. The molecule has 0 spiro atoms. The van der Waals surface area contributed by atoms with E-state index in [9.17, 15) is 17.2 Å². The summed E-state index contributed by atoms with van der Waals surface area (Å²) in [4.78, 5) is -0.385. The molecule has 1 aromatic carbocycles. The number of rotatable bonds is 5. The van der Waals surface area contributed by atoms with Gasteiger partial charge in [-0.15, -0.1) is 11.3 Å². The molecule has 8 heteroatoms. The third kappa shape index (κ3) is 3.36. The molecule has 2 rings (SSSR count). The maximum atomic E-state index is 12.6. The van der Waals surface area contributed by atoms with Gasteiger partial charge in [0.25, 0.3) is 0 Å². The minimum absolute atomic E-state index is 0.176. The van der Waals surface area contributed by atoms with E-state index in [0.29, 0.717) is 6.54 Å².